The van der Waals surface area contributed by atoms with Crippen molar-refractivity contribution in [1.82, 2.24) is 29.3 Å². The fourth-order valence-corrected chi connectivity index (χ4v) is 5.85. The minimum atomic E-state index is -4.52. The lowest BCUT2D eigenvalue weighted by atomic mass is 10.0. The Hall–Kier alpha value is -3.95. The number of nitrogens with zero attached hydrogens (tertiary/aromatic N) is 7. The van der Waals surface area contributed by atoms with Gasteiger partial charge in [0.05, 0.1) is 42.8 Å². The Morgan fingerprint density at radius 2 is 1.85 bits per heavy atom. The van der Waals surface area contributed by atoms with Crippen molar-refractivity contribution in [2.24, 2.45) is 0 Å². The van der Waals surface area contributed by atoms with Crippen LogP contribution >= 0.6 is 0 Å². The molecule has 0 aliphatic carbocycles. The minimum Gasteiger partial charge on any atom is -0.484 e. The van der Waals surface area contributed by atoms with E-state index in [9.17, 15) is 18.4 Å². The van der Waals surface area contributed by atoms with Gasteiger partial charge in [0, 0.05) is 54.1 Å². The SMILES string of the molecule is Cc1nn(C2CCN(C3COC3)CC2)c(C)c1-c1cc(O[C@@H](C)c2cncc(C(F)(F)F)c2)c2c(C#N)cnn2c1. The fraction of sp³-hybridized carbons (Fsp3) is 0.448. The summed E-state index contributed by atoms with van der Waals surface area (Å²) in [7, 11) is 0. The smallest absolute Gasteiger partial charge is 0.417 e. The van der Waals surface area contributed by atoms with E-state index >= 15 is 0 Å². The van der Waals surface area contributed by atoms with Gasteiger partial charge in [-0.25, -0.2) is 4.52 Å². The number of nitriles is 1. The molecular formula is C29H30F3N7O2. The van der Waals surface area contributed by atoms with Gasteiger partial charge in [-0.2, -0.15) is 28.6 Å². The van der Waals surface area contributed by atoms with Gasteiger partial charge >= 0.3 is 6.18 Å². The van der Waals surface area contributed by atoms with E-state index in [2.05, 4.69) is 25.7 Å². The number of hydrogen-bond donors (Lipinski definition) is 0. The van der Waals surface area contributed by atoms with Gasteiger partial charge < -0.3 is 9.47 Å². The van der Waals surface area contributed by atoms with Crippen molar-refractivity contribution in [3.63, 3.8) is 0 Å². The summed E-state index contributed by atoms with van der Waals surface area (Å²) in [5.74, 6) is 0.337. The monoisotopic (exact) mass is 565 g/mol. The van der Waals surface area contributed by atoms with E-state index in [1.165, 1.54) is 12.4 Å². The first-order chi connectivity index (χ1) is 19.6. The number of ether oxygens (including phenoxy) is 2. The molecule has 0 radical (unpaired) electrons. The minimum absolute atomic E-state index is 0.265. The van der Waals surface area contributed by atoms with Crippen LogP contribution in [0, 0.1) is 25.2 Å². The Morgan fingerprint density at radius 3 is 2.51 bits per heavy atom. The number of alkyl halides is 3. The Morgan fingerprint density at radius 1 is 1.10 bits per heavy atom. The van der Waals surface area contributed by atoms with Crippen LogP contribution in [0.4, 0.5) is 13.2 Å². The van der Waals surface area contributed by atoms with E-state index in [1.807, 2.05) is 26.1 Å². The molecule has 41 heavy (non-hydrogen) atoms. The van der Waals surface area contributed by atoms with Gasteiger partial charge in [0.1, 0.15) is 29.0 Å². The van der Waals surface area contributed by atoms with E-state index in [-0.39, 0.29) is 11.6 Å². The van der Waals surface area contributed by atoms with Gasteiger partial charge in [0.15, 0.2) is 0 Å². The average molecular weight is 566 g/mol. The molecule has 0 amide bonds. The van der Waals surface area contributed by atoms with E-state index in [4.69, 9.17) is 14.6 Å². The van der Waals surface area contributed by atoms with Gasteiger partial charge in [-0.15, -0.1) is 0 Å². The number of aromatic nitrogens is 5. The van der Waals surface area contributed by atoms with Crippen molar-refractivity contribution < 1.29 is 22.6 Å². The van der Waals surface area contributed by atoms with Crippen molar-refractivity contribution in [2.75, 3.05) is 26.3 Å². The molecule has 4 aromatic heterocycles. The normalized spacial score (nSPS) is 17.9. The lowest BCUT2D eigenvalue weighted by Crippen LogP contribution is -2.52. The molecule has 0 bridgehead atoms. The average Bonchev–Trinajstić information content (AvgIpc) is 3.47. The quantitative estimate of drug-likeness (QED) is 0.314. The molecule has 9 nitrogen and oxygen atoms in total. The van der Waals surface area contributed by atoms with Crippen molar-refractivity contribution in [1.29, 1.82) is 5.26 Å². The molecule has 2 aliphatic rings. The van der Waals surface area contributed by atoms with Crippen molar-refractivity contribution in [3.8, 4) is 22.9 Å². The van der Waals surface area contributed by atoms with Crippen LogP contribution in [-0.2, 0) is 10.9 Å². The lowest BCUT2D eigenvalue weighted by Gasteiger charge is -2.41. The van der Waals surface area contributed by atoms with Crippen LogP contribution in [0.3, 0.4) is 0 Å². The Balaban J connectivity index is 1.33. The molecule has 2 saturated heterocycles. The molecule has 0 N–H and O–H groups in total. The predicted octanol–water partition coefficient (Wildman–Crippen LogP) is 5.28. The second-order valence-corrected chi connectivity index (χ2v) is 10.8. The predicted molar refractivity (Wildman–Crippen MR) is 143 cm³/mol. The molecule has 2 aliphatic heterocycles. The van der Waals surface area contributed by atoms with Gasteiger partial charge in [-0.1, -0.05) is 0 Å². The van der Waals surface area contributed by atoms with Gasteiger partial charge in [-0.3, -0.25) is 14.6 Å². The highest BCUT2D eigenvalue weighted by molar-refractivity contribution is 5.77. The maximum Gasteiger partial charge on any atom is 0.417 e. The van der Waals surface area contributed by atoms with E-state index < -0.39 is 17.8 Å². The van der Waals surface area contributed by atoms with Crippen LogP contribution in [0.2, 0.25) is 0 Å². The van der Waals surface area contributed by atoms with Gasteiger partial charge in [0.25, 0.3) is 0 Å². The fourth-order valence-electron chi connectivity index (χ4n) is 5.85. The summed E-state index contributed by atoms with van der Waals surface area (Å²) in [6.45, 7) is 9.29. The summed E-state index contributed by atoms with van der Waals surface area (Å²) in [5.41, 5.74) is 3.75. The number of pyridine rings is 2. The van der Waals surface area contributed by atoms with Crippen LogP contribution in [0.1, 0.15) is 60.0 Å². The first-order valence-electron chi connectivity index (χ1n) is 13.6. The Bertz CT molecular complexity index is 1630. The Labute approximate surface area is 235 Å². The number of likely N-dealkylation sites (tertiary alicyclic amines) is 1. The van der Waals surface area contributed by atoms with Crippen LogP contribution in [0.25, 0.3) is 16.6 Å². The van der Waals surface area contributed by atoms with Crippen LogP contribution < -0.4 is 4.74 Å². The molecule has 0 unspecified atom stereocenters. The zero-order valence-electron chi connectivity index (χ0n) is 23.0. The number of hydrogen-bond acceptors (Lipinski definition) is 7. The maximum absolute atomic E-state index is 13.3. The molecule has 4 aromatic rings. The molecule has 6 heterocycles. The molecule has 2 fully saturated rings. The molecule has 0 saturated carbocycles. The second kappa shape index (κ2) is 10.5. The molecule has 214 valence electrons. The van der Waals surface area contributed by atoms with Gasteiger partial charge in [0.2, 0.25) is 0 Å². The highest BCUT2D eigenvalue weighted by Crippen LogP contribution is 2.38. The highest BCUT2D eigenvalue weighted by Gasteiger charge is 2.33. The number of fused-ring (bicyclic) bond motifs is 1. The summed E-state index contributed by atoms with van der Waals surface area (Å²) in [6.07, 6.45) is 2.12. The van der Waals surface area contributed by atoms with Crippen molar-refractivity contribution >= 4 is 5.52 Å². The highest BCUT2D eigenvalue weighted by atomic mass is 19.4. The number of piperidine rings is 1. The first-order valence-corrected chi connectivity index (χ1v) is 13.6. The molecular weight excluding hydrogens is 535 g/mol. The lowest BCUT2D eigenvalue weighted by molar-refractivity contribution is -0.137. The zero-order chi connectivity index (χ0) is 28.9. The third-order valence-electron chi connectivity index (χ3n) is 8.15. The number of rotatable bonds is 6. The Kier molecular flexibility index (Phi) is 6.95. The third-order valence-corrected chi connectivity index (χ3v) is 8.15. The van der Waals surface area contributed by atoms with Crippen molar-refractivity contribution in [3.05, 3.63) is 65.0 Å². The van der Waals surface area contributed by atoms with E-state index in [0.717, 1.165) is 73.9 Å². The molecule has 0 aromatic carbocycles. The van der Waals surface area contributed by atoms with E-state index in [0.29, 0.717) is 22.9 Å². The maximum atomic E-state index is 13.3. The van der Waals surface area contributed by atoms with Crippen molar-refractivity contribution in [2.45, 2.75) is 58.0 Å². The topological polar surface area (TPSA) is 93.5 Å². The number of halogens is 3. The van der Waals surface area contributed by atoms with Gasteiger partial charge in [-0.05, 0) is 45.7 Å². The number of aryl methyl sites for hydroxylation is 1. The summed E-state index contributed by atoms with van der Waals surface area (Å²) in [6, 6.07) is 5.78. The second-order valence-electron chi connectivity index (χ2n) is 10.8. The summed E-state index contributed by atoms with van der Waals surface area (Å²) in [5, 5.41) is 19.0. The van der Waals surface area contributed by atoms with Crippen LogP contribution in [0.15, 0.2) is 36.9 Å². The van der Waals surface area contributed by atoms with Crippen LogP contribution in [0.5, 0.6) is 5.75 Å². The first kappa shape index (κ1) is 27.2. The largest absolute Gasteiger partial charge is 0.484 e. The van der Waals surface area contributed by atoms with Crippen LogP contribution in [-0.4, -0.2) is 61.6 Å². The van der Waals surface area contributed by atoms with E-state index in [1.54, 1.807) is 11.4 Å². The zero-order valence-corrected chi connectivity index (χ0v) is 23.0. The summed E-state index contributed by atoms with van der Waals surface area (Å²) >= 11 is 0. The molecule has 6 rings (SSSR count). The molecule has 12 heteroatoms. The molecule has 0 spiro atoms. The standard InChI is InChI=1S/C29H30F3N7O2/c1-17-27(18(2)39(36-17)24-4-6-37(7-5-24)25-15-40-16-25)21-9-26(28-22(10-33)12-35-38(28)14-21)41-19(3)20-8-23(13-34-11-20)29(30,31)32/h8-9,11-14,19,24-25H,4-7,15-16H2,1-3H3/t19-/m0/s1. The summed E-state index contributed by atoms with van der Waals surface area (Å²) in [4.78, 5) is 6.26. The molecule has 1 atom stereocenters. The third kappa shape index (κ3) is 5.04. The summed E-state index contributed by atoms with van der Waals surface area (Å²) < 4.78 is 55.2.